The zero-order valence-electron chi connectivity index (χ0n) is 9.65. The average molecular weight is 271 g/mol. The molecule has 2 nitrogen and oxygen atoms in total. The minimum atomic E-state index is 0.415. The van der Waals surface area contributed by atoms with Crippen molar-refractivity contribution >= 4 is 34.6 Å². The highest BCUT2D eigenvalue weighted by molar-refractivity contribution is 6.42. The molecule has 1 spiro atoms. The Morgan fingerprint density at radius 1 is 0.882 bits per heavy atom. The van der Waals surface area contributed by atoms with Gasteiger partial charge in [0.1, 0.15) is 0 Å². The van der Waals surface area contributed by atoms with Crippen molar-refractivity contribution < 1.29 is 0 Å². The Bertz CT molecular complexity index is 404. The Balaban J connectivity index is 1.89. The van der Waals surface area contributed by atoms with Crippen LogP contribution >= 0.6 is 23.2 Å². The van der Waals surface area contributed by atoms with Crippen LogP contribution in [0, 0.1) is 5.41 Å². The molecule has 1 aromatic rings. The zero-order valence-corrected chi connectivity index (χ0v) is 11.2. The third-order valence-electron chi connectivity index (χ3n) is 4.03. The number of fused-ring (bicyclic) bond motifs is 1. The van der Waals surface area contributed by atoms with Gasteiger partial charge in [-0.3, -0.25) is 0 Å². The van der Waals surface area contributed by atoms with Crippen molar-refractivity contribution in [3.05, 3.63) is 22.2 Å². The largest absolute Gasteiger partial charge is 0.383 e. The van der Waals surface area contributed by atoms with E-state index < -0.39 is 0 Å². The van der Waals surface area contributed by atoms with E-state index in [2.05, 4.69) is 10.6 Å². The molecule has 1 saturated carbocycles. The second-order valence-electron chi connectivity index (χ2n) is 5.23. The summed E-state index contributed by atoms with van der Waals surface area (Å²) in [7, 11) is 0. The van der Waals surface area contributed by atoms with Gasteiger partial charge in [-0.2, -0.15) is 0 Å². The molecule has 2 aliphatic rings. The molecule has 92 valence electrons. The van der Waals surface area contributed by atoms with E-state index in [1.54, 1.807) is 0 Å². The van der Waals surface area contributed by atoms with Gasteiger partial charge in [-0.1, -0.05) is 36.0 Å². The van der Waals surface area contributed by atoms with Crippen molar-refractivity contribution in [2.24, 2.45) is 5.41 Å². The van der Waals surface area contributed by atoms with Crippen LogP contribution in [0.2, 0.25) is 10.0 Å². The summed E-state index contributed by atoms with van der Waals surface area (Å²) in [5.74, 6) is 0. The van der Waals surface area contributed by atoms with E-state index in [-0.39, 0.29) is 0 Å². The highest BCUT2D eigenvalue weighted by Gasteiger charge is 2.35. The summed E-state index contributed by atoms with van der Waals surface area (Å²) in [5.41, 5.74) is 2.56. The number of nitrogens with one attached hydrogen (secondary N) is 2. The molecule has 1 heterocycles. The van der Waals surface area contributed by atoms with Gasteiger partial charge in [-0.25, -0.2) is 0 Å². The zero-order chi connectivity index (χ0) is 11.9. The number of hydrogen-bond donors (Lipinski definition) is 2. The van der Waals surface area contributed by atoms with Crippen LogP contribution in [-0.2, 0) is 0 Å². The van der Waals surface area contributed by atoms with Gasteiger partial charge in [0.15, 0.2) is 0 Å². The molecule has 0 atom stereocenters. The molecule has 1 fully saturated rings. The molecule has 3 rings (SSSR count). The van der Waals surface area contributed by atoms with Crippen LogP contribution in [0.5, 0.6) is 0 Å². The van der Waals surface area contributed by atoms with Gasteiger partial charge < -0.3 is 10.6 Å². The third kappa shape index (κ3) is 2.09. The van der Waals surface area contributed by atoms with Crippen molar-refractivity contribution in [1.82, 2.24) is 0 Å². The van der Waals surface area contributed by atoms with E-state index >= 15 is 0 Å². The smallest absolute Gasteiger partial charge is 0.0614 e. The summed E-state index contributed by atoms with van der Waals surface area (Å²) >= 11 is 12.1. The van der Waals surface area contributed by atoms with Crippen LogP contribution < -0.4 is 10.6 Å². The van der Waals surface area contributed by atoms with Gasteiger partial charge >= 0.3 is 0 Å². The van der Waals surface area contributed by atoms with Crippen LogP contribution in [0.3, 0.4) is 0 Å². The van der Waals surface area contributed by atoms with Gasteiger partial charge in [0.25, 0.3) is 0 Å². The Labute approximate surface area is 112 Å². The Kier molecular flexibility index (Phi) is 2.87. The second kappa shape index (κ2) is 4.25. The number of anilines is 2. The number of benzene rings is 1. The SMILES string of the molecule is Clc1cc2c(cc1Cl)NCC1(CCCC1)CN2. The monoisotopic (exact) mass is 270 g/mol. The summed E-state index contributed by atoms with van der Waals surface area (Å²) < 4.78 is 0. The molecule has 0 amide bonds. The lowest BCUT2D eigenvalue weighted by atomic mass is 9.86. The second-order valence-corrected chi connectivity index (χ2v) is 6.04. The molecule has 2 N–H and O–H groups in total. The first-order valence-electron chi connectivity index (χ1n) is 6.15. The van der Waals surface area contributed by atoms with E-state index in [1.165, 1.54) is 25.7 Å². The average Bonchev–Trinajstić information content (AvgIpc) is 2.70. The molecule has 0 aromatic heterocycles. The Hall–Kier alpha value is -0.600. The molecule has 0 bridgehead atoms. The van der Waals surface area contributed by atoms with Crippen molar-refractivity contribution in [2.75, 3.05) is 23.7 Å². The van der Waals surface area contributed by atoms with Crippen molar-refractivity contribution in [3.63, 3.8) is 0 Å². The highest BCUT2D eigenvalue weighted by atomic mass is 35.5. The van der Waals surface area contributed by atoms with E-state index in [9.17, 15) is 0 Å². The standard InChI is InChI=1S/C13H16Cl2N2/c14-9-5-11-12(6-10(9)15)17-8-13(7-16-11)3-1-2-4-13/h5-6,16-17H,1-4,7-8H2. The Morgan fingerprint density at radius 2 is 1.35 bits per heavy atom. The van der Waals surface area contributed by atoms with E-state index in [4.69, 9.17) is 23.2 Å². The molecule has 17 heavy (non-hydrogen) atoms. The molecule has 0 saturated heterocycles. The lowest BCUT2D eigenvalue weighted by Gasteiger charge is -2.26. The minimum Gasteiger partial charge on any atom is -0.383 e. The fourth-order valence-electron chi connectivity index (χ4n) is 2.95. The quantitative estimate of drug-likeness (QED) is 0.731. The number of rotatable bonds is 0. The van der Waals surface area contributed by atoms with Gasteiger partial charge in [0.05, 0.1) is 21.4 Å². The summed E-state index contributed by atoms with van der Waals surface area (Å²) in [6.45, 7) is 2.07. The Morgan fingerprint density at radius 3 is 1.82 bits per heavy atom. The first-order valence-corrected chi connectivity index (χ1v) is 6.91. The maximum Gasteiger partial charge on any atom is 0.0614 e. The summed E-state index contributed by atoms with van der Waals surface area (Å²) in [5, 5.41) is 8.27. The fraction of sp³-hybridized carbons (Fsp3) is 0.538. The summed E-state index contributed by atoms with van der Waals surface area (Å²) in [4.78, 5) is 0. The van der Waals surface area contributed by atoms with Crippen molar-refractivity contribution in [3.8, 4) is 0 Å². The first kappa shape index (κ1) is 11.5. The molecule has 1 aliphatic heterocycles. The van der Waals surface area contributed by atoms with Crippen molar-refractivity contribution in [2.45, 2.75) is 25.7 Å². The maximum atomic E-state index is 6.05. The topological polar surface area (TPSA) is 24.1 Å². The normalized spacial score (nSPS) is 21.5. The summed E-state index contributed by atoms with van der Waals surface area (Å²) in [6.07, 6.45) is 5.31. The number of halogens is 2. The molecular formula is C13H16Cl2N2. The van der Waals surface area contributed by atoms with Crippen LogP contribution in [0.25, 0.3) is 0 Å². The number of hydrogen-bond acceptors (Lipinski definition) is 2. The molecule has 0 unspecified atom stereocenters. The van der Waals surface area contributed by atoms with Crippen LogP contribution in [0.1, 0.15) is 25.7 Å². The van der Waals surface area contributed by atoms with Gasteiger partial charge in [-0.15, -0.1) is 0 Å². The van der Waals surface area contributed by atoms with E-state index in [0.717, 1.165) is 24.5 Å². The van der Waals surface area contributed by atoms with Gasteiger partial charge in [-0.05, 0) is 25.0 Å². The molecule has 1 aromatic carbocycles. The highest BCUT2D eigenvalue weighted by Crippen LogP contribution is 2.42. The lowest BCUT2D eigenvalue weighted by molar-refractivity contribution is 0.346. The van der Waals surface area contributed by atoms with Gasteiger partial charge in [0.2, 0.25) is 0 Å². The molecule has 0 radical (unpaired) electrons. The predicted octanol–water partition coefficient (Wildman–Crippen LogP) is 4.39. The van der Waals surface area contributed by atoms with E-state index in [0.29, 0.717) is 15.5 Å². The van der Waals surface area contributed by atoms with E-state index in [1.807, 2.05) is 12.1 Å². The van der Waals surface area contributed by atoms with Crippen LogP contribution in [0.15, 0.2) is 12.1 Å². The lowest BCUT2D eigenvalue weighted by Crippen LogP contribution is -2.31. The van der Waals surface area contributed by atoms with Crippen LogP contribution in [0.4, 0.5) is 11.4 Å². The third-order valence-corrected chi connectivity index (χ3v) is 4.75. The van der Waals surface area contributed by atoms with Crippen LogP contribution in [-0.4, -0.2) is 13.1 Å². The van der Waals surface area contributed by atoms with Crippen molar-refractivity contribution in [1.29, 1.82) is 0 Å². The molecule has 1 aliphatic carbocycles. The first-order chi connectivity index (χ1) is 8.19. The fourth-order valence-corrected chi connectivity index (χ4v) is 3.27. The molecule has 4 heteroatoms. The predicted molar refractivity (Wildman–Crippen MR) is 74.3 cm³/mol. The maximum absolute atomic E-state index is 6.05. The molecular weight excluding hydrogens is 255 g/mol. The summed E-state index contributed by atoms with van der Waals surface area (Å²) in [6, 6.07) is 3.83. The minimum absolute atomic E-state index is 0.415. The van der Waals surface area contributed by atoms with Gasteiger partial charge in [0, 0.05) is 18.5 Å².